The van der Waals surface area contributed by atoms with E-state index in [9.17, 15) is 9.59 Å². The number of carbonyl (C=O) groups excluding carboxylic acids is 2. The number of amides is 2. The molecule has 0 saturated heterocycles. The van der Waals surface area contributed by atoms with Crippen LogP contribution in [0.4, 0.5) is 11.4 Å². The number of hydrogen-bond donors (Lipinski definition) is 4. The molecule has 0 aliphatic rings. The van der Waals surface area contributed by atoms with E-state index in [0.717, 1.165) is 6.54 Å². The van der Waals surface area contributed by atoms with Gasteiger partial charge in [-0.05, 0) is 62.6 Å². The Labute approximate surface area is 222 Å². The second-order valence-electron chi connectivity index (χ2n) is 8.56. The van der Waals surface area contributed by atoms with Gasteiger partial charge >= 0.3 is 0 Å². The van der Waals surface area contributed by atoms with Gasteiger partial charge in [0.1, 0.15) is 11.6 Å². The Bertz CT molecular complexity index is 1410. The largest absolute Gasteiger partial charge is 0.495 e. The molecule has 0 aromatic heterocycles. The summed E-state index contributed by atoms with van der Waals surface area (Å²) in [4.78, 5) is 28.4. The summed E-state index contributed by atoms with van der Waals surface area (Å²) in [5.74, 6) is 4.58. The zero-order chi connectivity index (χ0) is 27.7. The predicted molar refractivity (Wildman–Crippen MR) is 151 cm³/mol. The quantitative estimate of drug-likeness (QED) is 0.201. The normalized spacial score (nSPS) is 10.2. The molecule has 0 bridgehead atoms. The van der Waals surface area contributed by atoms with E-state index in [1.165, 1.54) is 13.2 Å². The number of carbonyl (C=O) groups is 2. The van der Waals surface area contributed by atoms with Crippen LogP contribution in [0.2, 0.25) is 0 Å². The topological polar surface area (TPSA) is 107 Å². The predicted octanol–water partition coefficient (Wildman–Crippen LogP) is 3.64. The fourth-order valence-corrected chi connectivity index (χ4v) is 3.50. The minimum atomic E-state index is -0.489. The van der Waals surface area contributed by atoms with Gasteiger partial charge in [0.05, 0.1) is 18.4 Å². The van der Waals surface area contributed by atoms with Crippen LogP contribution in [0.5, 0.6) is 5.75 Å². The number of likely N-dealkylation sites (N-methyl/N-ethyl adjacent to an activating group) is 1. The van der Waals surface area contributed by atoms with Crippen molar-refractivity contribution in [2.75, 3.05) is 44.9 Å². The summed E-state index contributed by atoms with van der Waals surface area (Å²) < 4.78 is 5.45. The van der Waals surface area contributed by atoms with Crippen molar-refractivity contribution in [1.29, 1.82) is 5.41 Å². The lowest BCUT2D eigenvalue weighted by atomic mass is 10.0. The third kappa shape index (κ3) is 7.01. The molecule has 3 rings (SSSR count). The van der Waals surface area contributed by atoms with Crippen molar-refractivity contribution >= 4 is 29.0 Å². The standard InChI is InChI=1S/C30H29N5O3/c1-6-20-8-14-24(15-9-20)33-30(37)25-18-21(7-2)19-26(38-5)27(25)34-29(36)23-12-10-22(11-13-23)28(31)32-16-17-35(3)4/h1-2,8-15,18-19H,16-17H2,3-5H3,(H2,31,32)(H,33,37)(H,34,36). The third-order valence-electron chi connectivity index (χ3n) is 5.58. The molecule has 8 nitrogen and oxygen atoms in total. The Hall–Kier alpha value is -5.05. The molecule has 4 N–H and O–H groups in total. The summed E-state index contributed by atoms with van der Waals surface area (Å²) in [7, 11) is 5.34. The number of anilines is 2. The van der Waals surface area contributed by atoms with Crippen molar-refractivity contribution in [3.63, 3.8) is 0 Å². The number of rotatable bonds is 9. The summed E-state index contributed by atoms with van der Waals surface area (Å²) in [5.41, 5.74) is 2.91. The van der Waals surface area contributed by atoms with Gasteiger partial charge in [-0.25, -0.2) is 0 Å². The minimum absolute atomic E-state index is 0.134. The molecule has 2 amide bonds. The SMILES string of the molecule is C#Cc1ccc(NC(=O)c2cc(C#C)cc(OC)c2NC(=O)c2ccc(C(=N)NCCN(C)C)cc2)cc1. The molecule has 0 aliphatic carbocycles. The highest BCUT2D eigenvalue weighted by Gasteiger charge is 2.20. The number of nitrogens with one attached hydrogen (secondary N) is 4. The molecular weight excluding hydrogens is 478 g/mol. The molecule has 3 aromatic carbocycles. The van der Waals surface area contributed by atoms with E-state index < -0.39 is 11.8 Å². The second-order valence-corrected chi connectivity index (χ2v) is 8.56. The summed E-state index contributed by atoms with van der Waals surface area (Å²) in [5, 5.41) is 16.8. The fraction of sp³-hybridized carbons (Fsp3) is 0.167. The first-order chi connectivity index (χ1) is 18.2. The Morgan fingerprint density at radius 3 is 2.11 bits per heavy atom. The van der Waals surface area contributed by atoms with Crippen LogP contribution in [0, 0.1) is 30.1 Å². The van der Waals surface area contributed by atoms with Crippen LogP contribution in [0.3, 0.4) is 0 Å². The van der Waals surface area contributed by atoms with Crippen LogP contribution in [-0.2, 0) is 0 Å². The minimum Gasteiger partial charge on any atom is -0.495 e. The maximum absolute atomic E-state index is 13.2. The highest BCUT2D eigenvalue weighted by Crippen LogP contribution is 2.31. The lowest BCUT2D eigenvalue weighted by Gasteiger charge is -2.16. The van der Waals surface area contributed by atoms with Gasteiger partial charge in [-0.1, -0.05) is 24.0 Å². The average Bonchev–Trinajstić information content (AvgIpc) is 2.93. The smallest absolute Gasteiger partial charge is 0.257 e. The van der Waals surface area contributed by atoms with Gasteiger partial charge < -0.3 is 25.6 Å². The first kappa shape index (κ1) is 27.5. The number of amidine groups is 1. The Balaban J connectivity index is 1.84. The molecule has 38 heavy (non-hydrogen) atoms. The molecule has 0 fully saturated rings. The van der Waals surface area contributed by atoms with Crippen LogP contribution >= 0.6 is 0 Å². The average molecular weight is 508 g/mol. The summed E-state index contributed by atoms with van der Waals surface area (Å²) >= 11 is 0. The molecule has 192 valence electrons. The van der Waals surface area contributed by atoms with E-state index >= 15 is 0 Å². The number of benzene rings is 3. The Kier molecular flexibility index (Phi) is 9.26. The van der Waals surface area contributed by atoms with Gasteiger partial charge in [0.2, 0.25) is 0 Å². The zero-order valence-electron chi connectivity index (χ0n) is 21.5. The van der Waals surface area contributed by atoms with Gasteiger partial charge in [-0.3, -0.25) is 15.0 Å². The van der Waals surface area contributed by atoms with Gasteiger partial charge in [-0.15, -0.1) is 12.8 Å². The maximum atomic E-state index is 13.2. The van der Waals surface area contributed by atoms with Crippen LogP contribution in [-0.4, -0.2) is 56.8 Å². The Morgan fingerprint density at radius 2 is 1.53 bits per heavy atom. The van der Waals surface area contributed by atoms with E-state index in [-0.39, 0.29) is 22.8 Å². The van der Waals surface area contributed by atoms with Crippen molar-refractivity contribution in [1.82, 2.24) is 10.2 Å². The van der Waals surface area contributed by atoms with E-state index in [1.807, 2.05) is 19.0 Å². The summed E-state index contributed by atoms with van der Waals surface area (Å²) in [6, 6.07) is 16.5. The third-order valence-corrected chi connectivity index (χ3v) is 5.58. The molecular formula is C30H29N5O3. The van der Waals surface area contributed by atoms with E-state index in [0.29, 0.717) is 34.5 Å². The van der Waals surface area contributed by atoms with Crippen LogP contribution in [0.25, 0.3) is 0 Å². The summed E-state index contributed by atoms with van der Waals surface area (Å²) in [6.07, 6.45) is 11.0. The summed E-state index contributed by atoms with van der Waals surface area (Å²) in [6.45, 7) is 1.41. The number of ether oxygens (including phenoxy) is 1. The lowest BCUT2D eigenvalue weighted by Crippen LogP contribution is -2.31. The lowest BCUT2D eigenvalue weighted by molar-refractivity contribution is 0.102. The molecule has 0 saturated carbocycles. The van der Waals surface area contributed by atoms with E-state index in [2.05, 4.69) is 27.8 Å². The Morgan fingerprint density at radius 1 is 0.895 bits per heavy atom. The van der Waals surface area contributed by atoms with Gasteiger partial charge in [-0.2, -0.15) is 0 Å². The monoisotopic (exact) mass is 507 g/mol. The van der Waals surface area contributed by atoms with Crippen molar-refractivity contribution in [2.24, 2.45) is 0 Å². The molecule has 0 spiro atoms. The van der Waals surface area contributed by atoms with Gasteiger partial charge in [0.25, 0.3) is 11.8 Å². The molecule has 0 aliphatic heterocycles. The number of nitrogens with zero attached hydrogens (tertiary/aromatic N) is 1. The van der Waals surface area contributed by atoms with Gasteiger partial charge in [0, 0.05) is 41.0 Å². The van der Waals surface area contributed by atoms with Crippen molar-refractivity contribution in [3.8, 4) is 30.4 Å². The number of terminal acetylenes is 2. The second kappa shape index (κ2) is 12.8. The van der Waals surface area contributed by atoms with Crippen molar-refractivity contribution < 1.29 is 14.3 Å². The molecule has 0 atom stereocenters. The highest BCUT2D eigenvalue weighted by atomic mass is 16.5. The molecule has 3 aromatic rings. The van der Waals surface area contributed by atoms with Crippen molar-refractivity contribution in [3.05, 3.63) is 88.5 Å². The van der Waals surface area contributed by atoms with Crippen LogP contribution in [0.15, 0.2) is 60.7 Å². The van der Waals surface area contributed by atoms with Crippen LogP contribution in [0.1, 0.15) is 37.4 Å². The molecule has 0 radical (unpaired) electrons. The molecule has 0 unspecified atom stereocenters. The van der Waals surface area contributed by atoms with E-state index in [1.54, 1.807) is 54.6 Å². The van der Waals surface area contributed by atoms with Crippen molar-refractivity contribution in [2.45, 2.75) is 0 Å². The first-order valence-electron chi connectivity index (χ1n) is 11.7. The maximum Gasteiger partial charge on any atom is 0.257 e. The number of methoxy groups -OCH3 is 1. The zero-order valence-corrected chi connectivity index (χ0v) is 21.5. The number of hydrogen-bond acceptors (Lipinski definition) is 5. The fourth-order valence-electron chi connectivity index (χ4n) is 3.50. The van der Waals surface area contributed by atoms with Gasteiger partial charge in [0.15, 0.2) is 0 Å². The highest BCUT2D eigenvalue weighted by molar-refractivity contribution is 6.14. The van der Waals surface area contributed by atoms with E-state index in [4.69, 9.17) is 23.0 Å². The first-order valence-corrected chi connectivity index (χ1v) is 11.7. The van der Waals surface area contributed by atoms with Crippen LogP contribution < -0.4 is 20.7 Å². The molecule has 8 heteroatoms. The molecule has 0 heterocycles.